The number of carbonyl (C=O) groups excluding carboxylic acids is 1. The number of nitrogens with one attached hydrogen (secondary N) is 1. The molecule has 20 heavy (non-hydrogen) atoms. The van der Waals surface area contributed by atoms with Crippen LogP contribution in [0.5, 0.6) is 5.75 Å². The Morgan fingerprint density at radius 3 is 2.55 bits per heavy atom. The average Bonchev–Trinajstić information content (AvgIpc) is 2.36. The molecule has 0 saturated carbocycles. The van der Waals surface area contributed by atoms with E-state index in [1.165, 1.54) is 0 Å². The van der Waals surface area contributed by atoms with Crippen LogP contribution in [0.2, 0.25) is 0 Å². The van der Waals surface area contributed by atoms with Gasteiger partial charge in [-0.2, -0.15) is 0 Å². The molecule has 112 valence electrons. The van der Waals surface area contributed by atoms with E-state index in [0.29, 0.717) is 24.9 Å². The van der Waals surface area contributed by atoms with Crippen LogP contribution in [-0.2, 0) is 4.79 Å². The normalized spacial score (nSPS) is 12.6. The first-order chi connectivity index (χ1) is 9.38. The largest absolute Gasteiger partial charge is 0.493 e. The first-order valence-electron chi connectivity index (χ1n) is 7.17. The summed E-state index contributed by atoms with van der Waals surface area (Å²) >= 11 is 0. The van der Waals surface area contributed by atoms with E-state index in [1.54, 1.807) is 0 Å². The third-order valence-corrected chi connectivity index (χ3v) is 2.75. The van der Waals surface area contributed by atoms with Crippen molar-refractivity contribution in [1.29, 1.82) is 0 Å². The fraction of sp³-hybridized carbons (Fsp3) is 0.562. The molecule has 0 aliphatic heterocycles. The number of benzene rings is 1. The van der Waals surface area contributed by atoms with Crippen LogP contribution in [0, 0.1) is 11.8 Å². The Labute approximate surface area is 121 Å². The molecular weight excluding hydrogens is 252 g/mol. The summed E-state index contributed by atoms with van der Waals surface area (Å²) in [5, 5.41) is 2.83. The van der Waals surface area contributed by atoms with Gasteiger partial charge in [0, 0.05) is 11.8 Å². The highest BCUT2D eigenvalue weighted by molar-refractivity contribution is 5.94. The van der Waals surface area contributed by atoms with E-state index in [2.05, 4.69) is 19.2 Å². The fourth-order valence-electron chi connectivity index (χ4n) is 1.78. The highest BCUT2D eigenvalue weighted by Crippen LogP contribution is 2.18. The van der Waals surface area contributed by atoms with Gasteiger partial charge in [-0.05, 0) is 30.4 Å². The smallest absolute Gasteiger partial charge is 0.241 e. The summed E-state index contributed by atoms with van der Waals surface area (Å²) in [5.41, 5.74) is 6.58. The number of carbonyl (C=O) groups is 1. The Kier molecular flexibility index (Phi) is 6.52. The molecule has 1 aromatic carbocycles. The van der Waals surface area contributed by atoms with Crippen LogP contribution >= 0.6 is 0 Å². The fourth-order valence-corrected chi connectivity index (χ4v) is 1.78. The second-order valence-corrected chi connectivity index (χ2v) is 5.96. The summed E-state index contributed by atoms with van der Waals surface area (Å²) in [6.45, 7) is 8.94. The van der Waals surface area contributed by atoms with Crippen LogP contribution in [0.25, 0.3) is 0 Å². The summed E-state index contributed by atoms with van der Waals surface area (Å²) in [6, 6.07) is 6.92. The van der Waals surface area contributed by atoms with E-state index < -0.39 is 6.04 Å². The summed E-state index contributed by atoms with van der Waals surface area (Å²) < 4.78 is 5.63. The zero-order chi connectivity index (χ0) is 15.1. The van der Waals surface area contributed by atoms with E-state index in [1.807, 2.05) is 38.1 Å². The van der Waals surface area contributed by atoms with Gasteiger partial charge in [0.1, 0.15) is 5.75 Å². The number of hydrogen-bond donors (Lipinski definition) is 2. The summed E-state index contributed by atoms with van der Waals surface area (Å²) in [4.78, 5) is 11.9. The second-order valence-electron chi connectivity index (χ2n) is 5.96. The predicted octanol–water partition coefficient (Wildman–Crippen LogP) is 3.03. The number of nitrogens with two attached hydrogens (primary N) is 1. The van der Waals surface area contributed by atoms with Gasteiger partial charge in [-0.25, -0.2) is 0 Å². The monoisotopic (exact) mass is 278 g/mol. The molecule has 0 fully saturated rings. The van der Waals surface area contributed by atoms with E-state index in [0.717, 1.165) is 11.4 Å². The lowest BCUT2D eigenvalue weighted by Gasteiger charge is -2.15. The van der Waals surface area contributed by atoms with Crippen molar-refractivity contribution >= 4 is 11.6 Å². The molecule has 1 rings (SSSR count). The van der Waals surface area contributed by atoms with E-state index >= 15 is 0 Å². The highest BCUT2D eigenvalue weighted by atomic mass is 16.5. The van der Waals surface area contributed by atoms with Crippen molar-refractivity contribution in [3.05, 3.63) is 24.3 Å². The van der Waals surface area contributed by atoms with Gasteiger partial charge in [-0.3, -0.25) is 4.79 Å². The summed E-state index contributed by atoms with van der Waals surface area (Å²) in [7, 11) is 0. The standard InChI is InChI=1S/C16H26N2O2/c1-11(2)8-15(17)16(19)18-13-6-5-7-14(9-13)20-10-12(3)4/h5-7,9,11-12,15H,8,10,17H2,1-4H3,(H,18,19)/t15-/m0/s1. The first-order valence-corrected chi connectivity index (χ1v) is 7.17. The highest BCUT2D eigenvalue weighted by Gasteiger charge is 2.15. The molecule has 4 heteroatoms. The van der Waals surface area contributed by atoms with Gasteiger partial charge < -0.3 is 15.8 Å². The quantitative estimate of drug-likeness (QED) is 0.805. The zero-order valence-corrected chi connectivity index (χ0v) is 12.8. The molecule has 0 radical (unpaired) electrons. The molecule has 0 bridgehead atoms. The van der Waals surface area contributed by atoms with Crippen molar-refractivity contribution < 1.29 is 9.53 Å². The maximum absolute atomic E-state index is 11.9. The third kappa shape index (κ3) is 6.06. The maximum Gasteiger partial charge on any atom is 0.241 e. The Morgan fingerprint density at radius 2 is 1.95 bits per heavy atom. The van der Waals surface area contributed by atoms with Gasteiger partial charge in [-0.15, -0.1) is 0 Å². The molecule has 0 spiro atoms. The van der Waals surface area contributed by atoms with Gasteiger partial charge in [-0.1, -0.05) is 33.8 Å². The molecule has 3 N–H and O–H groups in total. The van der Waals surface area contributed by atoms with Crippen molar-refractivity contribution in [3.63, 3.8) is 0 Å². The lowest BCUT2D eigenvalue weighted by Crippen LogP contribution is -2.36. The third-order valence-electron chi connectivity index (χ3n) is 2.75. The van der Waals surface area contributed by atoms with Gasteiger partial charge in [0.25, 0.3) is 0 Å². The minimum atomic E-state index is -0.477. The van der Waals surface area contributed by atoms with Crippen molar-refractivity contribution in [2.24, 2.45) is 17.6 Å². The number of rotatable bonds is 7. The van der Waals surface area contributed by atoms with Crippen LogP contribution in [0.1, 0.15) is 34.1 Å². The van der Waals surface area contributed by atoms with E-state index in [-0.39, 0.29) is 5.91 Å². The van der Waals surface area contributed by atoms with E-state index in [4.69, 9.17) is 10.5 Å². The van der Waals surface area contributed by atoms with Crippen LogP contribution in [0.15, 0.2) is 24.3 Å². The molecule has 0 saturated heterocycles. The van der Waals surface area contributed by atoms with Crippen molar-refractivity contribution in [1.82, 2.24) is 0 Å². The van der Waals surface area contributed by atoms with Crippen LogP contribution in [0.4, 0.5) is 5.69 Å². The maximum atomic E-state index is 11.9. The van der Waals surface area contributed by atoms with Crippen LogP contribution in [0.3, 0.4) is 0 Å². The Morgan fingerprint density at radius 1 is 1.25 bits per heavy atom. The lowest BCUT2D eigenvalue weighted by atomic mass is 10.0. The number of ether oxygens (including phenoxy) is 1. The molecule has 4 nitrogen and oxygen atoms in total. The van der Waals surface area contributed by atoms with Crippen molar-refractivity contribution in [3.8, 4) is 5.75 Å². The van der Waals surface area contributed by atoms with Crippen LogP contribution < -0.4 is 15.8 Å². The van der Waals surface area contributed by atoms with Crippen LogP contribution in [-0.4, -0.2) is 18.6 Å². The zero-order valence-electron chi connectivity index (χ0n) is 12.8. The molecule has 0 aromatic heterocycles. The minimum Gasteiger partial charge on any atom is -0.493 e. The van der Waals surface area contributed by atoms with Gasteiger partial charge >= 0.3 is 0 Å². The molecule has 1 amide bonds. The SMILES string of the molecule is CC(C)COc1cccc(NC(=O)[C@@H](N)CC(C)C)c1. The minimum absolute atomic E-state index is 0.153. The molecule has 0 aliphatic rings. The molecule has 1 atom stereocenters. The molecular formula is C16H26N2O2. The Balaban J connectivity index is 2.59. The van der Waals surface area contributed by atoms with Gasteiger partial charge in [0.05, 0.1) is 12.6 Å². The Bertz CT molecular complexity index is 430. The number of hydrogen-bond acceptors (Lipinski definition) is 3. The molecule has 0 heterocycles. The molecule has 0 unspecified atom stereocenters. The Hall–Kier alpha value is -1.55. The topological polar surface area (TPSA) is 64.3 Å². The predicted molar refractivity (Wildman–Crippen MR) is 82.8 cm³/mol. The summed E-state index contributed by atoms with van der Waals surface area (Å²) in [6.07, 6.45) is 0.676. The van der Waals surface area contributed by atoms with Gasteiger partial charge in [0.2, 0.25) is 5.91 Å². The lowest BCUT2D eigenvalue weighted by molar-refractivity contribution is -0.117. The van der Waals surface area contributed by atoms with Crippen molar-refractivity contribution in [2.45, 2.75) is 40.2 Å². The molecule has 1 aromatic rings. The number of amides is 1. The molecule has 0 aliphatic carbocycles. The van der Waals surface area contributed by atoms with Crippen molar-refractivity contribution in [2.75, 3.05) is 11.9 Å². The first kappa shape index (κ1) is 16.5. The summed E-state index contributed by atoms with van der Waals surface area (Å²) in [5.74, 6) is 1.47. The second kappa shape index (κ2) is 7.90. The average molecular weight is 278 g/mol. The van der Waals surface area contributed by atoms with Gasteiger partial charge in [0.15, 0.2) is 0 Å². The number of anilines is 1. The van der Waals surface area contributed by atoms with E-state index in [9.17, 15) is 4.79 Å².